The van der Waals surface area contributed by atoms with E-state index in [2.05, 4.69) is 0 Å². The van der Waals surface area contributed by atoms with Crippen molar-refractivity contribution in [1.82, 2.24) is 9.47 Å². The van der Waals surface area contributed by atoms with Crippen molar-refractivity contribution in [3.05, 3.63) is 55.6 Å². The maximum absolute atomic E-state index is 12.6. The average Bonchev–Trinajstić information content (AvgIpc) is 2.81. The Hall–Kier alpha value is -1.59. The number of thiazole rings is 1. The van der Waals surface area contributed by atoms with Gasteiger partial charge in [-0.3, -0.25) is 9.59 Å². The standard InChI is InChI=1S/C17H21ClN2O2S/c1-12(2)20(10-14-5-4-6-15(18)9-14)16(21)7-8-19-13(3)11-23-17(19)22/h4-6,9,11-12H,7-8,10H2,1-3H3. The van der Waals surface area contributed by atoms with Gasteiger partial charge in [0.1, 0.15) is 0 Å². The molecule has 1 amide bonds. The normalized spacial score (nSPS) is 11.0. The first-order valence-corrected chi connectivity index (χ1v) is 8.83. The summed E-state index contributed by atoms with van der Waals surface area (Å²) in [5.41, 5.74) is 1.90. The fourth-order valence-corrected chi connectivity index (χ4v) is 3.39. The minimum atomic E-state index is -0.0127. The summed E-state index contributed by atoms with van der Waals surface area (Å²) in [6.07, 6.45) is 0.316. The van der Waals surface area contributed by atoms with Crippen LogP contribution in [0.15, 0.2) is 34.4 Å². The second kappa shape index (κ2) is 7.79. The zero-order valence-corrected chi connectivity index (χ0v) is 15.2. The van der Waals surface area contributed by atoms with Gasteiger partial charge in [0.2, 0.25) is 5.91 Å². The van der Waals surface area contributed by atoms with Crippen molar-refractivity contribution in [2.24, 2.45) is 0 Å². The molecule has 6 heteroatoms. The maximum Gasteiger partial charge on any atom is 0.307 e. The Kier molecular flexibility index (Phi) is 6.02. The quantitative estimate of drug-likeness (QED) is 0.795. The molecule has 0 aliphatic carbocycles. The lowest BCUT2D eigenvalue weighted by molar-refractivity contribution is -0.133. The van der Waals surface area contributed by atoms with Crippen LogP contribution in [-0.2, 0) is 17.9 Å². The van der Waals surface area contributed by atoms with E-state index in [1.807, 2.05) is 55.3 Å². The fourth-order valence-electron chi connectivity index (χ4n) is 2.42. The second-order valence-corrected chi connectivity index (χ2v) is 7.05. The lowest BCUT2D eigenvalue weighted by atomic mass is 10.1. The summed E-state index contributed by atoms with van der Waals surface area (Å²) >= 11 is 7.18. The Bertz CT molecular complexity index is 736. The van der Waals surface area contributed by atoms with E-state index in [-0.39, 0.29) is 16.8 Å². The topological polar surface area (TPSA) is 42.3 Å². The largest absolute Gasteiger partial charge is 0.336 e. The molecule has 0 unspecified atom stereocenters. The summed E-state index contributed by atoms with van der Waals surface area (Å²) in [6.45, 7) is 6.81. The summed E-state index contributed by atoms with van der Waals surface area (Å²) in [5.74, 6) is 0.0393. The molecule has 4 nitrogen and oxygen atoms in total. The molecule has 0 bridgehead atoms. The number of hydrogen-bond acceptors (Lipinski definition) is 3. The Labute approximate surface area is 145 Å². The highest BCUT2D eigenvalue weighted by Gasteiger charge is 2.18. The van der Waals surface area contributed by atoms with E-state index >= 15 is 0 Å². The third-order valence-corrected chi connectivity index (χ3v) is 4.83. The van der Waals surface area contributed by atoms with Crippen LogP contribution < -0.4 is 4.87 Å². The predicted octanol–water partition coefficient (Wildman–Crippen LogP) is 3.70. The van der Waals surface area contributed by atoms with Gasteiger partial charge in [-0.15, -0.1) is 0 Å². The first-order chi connectivity index (χ1) is 10.9. The van der Waals surface area contributed by atoms with Gasteiger partial charge in [-0.1, -0.05) is 35.1 Å². The highest BCUT2D eigenvalue weighted by molar-refractivity contribution is 7.07. The minimum Gasteiger partial charge on any atom is -0.336 e. The van der Waals surface area contributed by atoms with E-state index in [1.54, 1.807) is 4.57 Å². The van der Waals surface area contributed by atoms with Gasteiger partial charge in [0.25, 0.3) is 0 Å². The summed E-state index contributed by atoms with van der Waals surface area (Å²) < 4.78 is 1.65. The van der Waals surface area contributed by atoms with E-state index < -0.39 is 0 Å². The molecule has 0 saturated heterocycles. The van der Waals surface area contributed by atoms with Gasteiger partial charge in [0.15, 0.2) is 0 Å². The number of hydrogen-bond donors (Lipinski definition) is 0. The van der Waals surface area contributed by atoms with Crippen molar-refractivity contribution >= 4 is 28.8 Å². The average molecular weight is 353 g/mol. The number of rotatable bonds is 6. The van der Waals surface area contributed by atoms with Crippen molar-refractivity contribution in [1.29, 1.82) is 0 Å². The van der Waals surface area contributed by atoms with Crippen LogP contribution in [0.1, 0.15) is 31.5 Å². The summed E-state index contributed by atoms with van der Waals surface area (Å²) in [4.78, 5) is 26.1. The molecule has 0 aliphatic rings. The summed E-state index contributed by atoms with van der Waals surface area (Å²) in [5, 5.41) is 2.48. The van der Waals surface area contributed by atoms with Crippen molar-refractivity contribution in [2.45, 2.75) is 46.3 Å². The third-order valence-electron chi connectivity index (χ3n) is 3.71. The number of aryl methyl sites for hydroxylation is 1. The first kappa shape index (κ1) is 17.8. The first-order valence-electron chi connectivity index (χ1n) is 7.57. The molecular weight excluding hydrogens is 332 g/mol. The highest BCUT2D eigenvalue weighted by Crippen LogP contribution is 2.15. The Morgan fingerprint density at radius 3 is 2.70 bits per heavy atom. The molecule has 1 aromatic heterocycles. The van der Waals surface area contributed by atoms with Crippen molar-refractivity contribution < 1.29 is 4.79 Å². The molecule has 0 aliphatic heterocycles. The van der Waals surface area contributed by atoms with Crippen molar-refractivity contribution in [3.8, 4) is 0 Å². The molecule has 0 radical (unpaired) electrons. The number of halogens is 1. The van der Waals surface area contributed by atoms with Crippen LogP contribution in [0.5, 0.6) is 0 Å². The van der Waals surface area contributed by atoms with E-state index in [0.717, 1.165) is 11.3 Å². The number of nitrogens with zero attached hydrogens (tertiary/aromatic N) is 2. The van der Waals surface area contributed by atoms with Crippen molar-refractivity contribution in [2.75, 3.05) is 0 Å². The van der Waals surface area contributed by atoms with Crippen LogP contribution in [0.2, 0.25) is 5.02 Å². The number of amides is 1. The van der Waals surface area contributed by atoms with Gasteiger partial charge in [0, 0.05) is 41.6 Å². The van der Waals surface area contributed by atoms with Crippen LogP contribution in [-0.4, -0.2) is 21.4 Å². The summed E-state index contributed by atoms with van der Waals surface area (Å²) in [6, 6.07) is 7.62. The molecule has 0 atom stereocenters. The van der Waals surface area contributed by atoms with Crippen molar-refractivity contribution in [3.63, 3.8) is 0 Å². The number of benzene rings is 1. The van der Waals surface area contributed by atoms with Crippen LogP contribution in [0, 0.1) is 6.92 Å². The zero-order chi connectivity index (χ0) is 17.0. The molecule has 2 rings (SSSR count). The molecule has 0 saturated carbocycles. The monoisotopic (exact) mass is 352 g/mol. The Morgan fingerprint density at radius 1 is 1.39 bits per heavy atom. The van der Waals surface area contributed by atoms with E-state index in [9.17, 15) is 9.59 Å². The molecule has 0 N–H and O–H groups in total. The minimum absolute atomic E-state index is 0.0127. The van der Waals surface area contributed by atoms with Crippen LogP contribution in [0.25, 0.3) is 0 Å². The maximum atomic E-state index is 12.6. The second-order valence-electron chi connectivity index (χ2n) is 5.79. The van der Waals surface area contributed by atoms with Gasteiger partial charge in [-0.25, -0.2) is 0 Å². The highest BCUT2D eigenvalue weighted by atomic mass is 35.5. The molecular formula is C17H21ClN2O2S. The van der Waals surface area contributed by atoms with Crippen LogP contribution in [0.3, 0.4) is 0 Å². The van der Waals surface area contributed by atoms with Gasteiger partial charge in [-0.05, 0) is 38.5 Å². The molecule has 124 valence electrons. The molecule has 1 aromatic carbocycles. The zero-order valence-electron chi connectivity index (χ0n) is 13.6. The van der Waals surface area contributed by atoms with Crippen LogP contribution >= 0.6 is 22.9 Å². The van der Waals surface area contributed by atoms with E-state index in [4.69, 9.17) is 11.6 Å². The fraction of sp³-hybridized carbons (Fsp3) is 0.412. The SMILES string of the molecule is Cc1csc(=O)n1CCC(=O)N(Cc1cccc(Cl)c1)C(C)C. The molecule has 23 heavy (non-hydrogen) atoms. The Balaban J connectivity index is 2.05. The molecule has 1 heterocycles. The predicted molar refractivity (Wildman–Crippen MR) is 95.1 cm³/mol. The summed E-state index contributed by atoms with van der Waals surface area (Å²) in [7, 11) is 0. The smallest absolute Gasteiger partial charge is 0.307 e. The number of carbonyl (C=O) groups is 1. The third kappa shape index (κ3) is 4.69. The molecule has 0 fully saturated rings. The van der Waals surface area contributed by atoms with E-state index in [1.165, 1.54) is 11.3 Å². The van der Waals surface area contributed by atoms with Gasteiger partial charge in [0.05, 0.1) is 0 Å². The molecule has 0 spiro atoms. The lowest BCUT2D eigenvalue weighted by Gasteiger charge is -2.27. The number of aromatic nitrogens is 1. The van der Waals surface area contributed by atoms with E-state index in [0.29, 0.717) is 24.5 Å². The number of carbonyl (C=O) groups excluding carboxylic acids is 1. The van der Waals surface area contributed by atoms with Crippen LogP contribution in [0.4, 0.5) is 0 Å². The Morgan fingerprint density at radius 2 is 2.13 bits per heavy atom. The lowest BCUT2D eigenvalue weighted by Crippen LogP contribution is -2.37. The van der Waals surface area contributed by atoms with Gasteiger partial charge < -0.3 is 9.47 Å². The molecule has 2 aromatic rings. The van der Waals surface area contributed by atoms with Gasteiger partial charge >= 0.3 is 4.87 Å². The van der Waals surface area contributed by atoms with Gasteiger partial charge in [-0.2, -0.15) is 0 Å².